The van der Waals surface area contributed by atoms with Gasteiger partial charge in [-0.15, -0.1) is 0 Å². The van der Waals surface area contributed by atoms with Gasteiger partial charge >= 0.3 is 6.09 Å². The Morgan fingerprint density at radius 3 is 2.53 bits per heavy atom. The van der Waals surface area contributed by atoms with E-state index < -0.39 is 11.0 Å². The molecule has 2 saturated heterocycles. The van der Waals surface area contributed by atoms with Gasteiger partial charge in [0.1, 0.15) is 11.4 Å². The molecule has 2 fully saturated rings. The normalized spacial score (nSPS) is 23.5. The number of nitrogens with zero attached hydrogens (tertiary/aromatic N) is 1. The SMILES string of the molecule is CC(C)(C)OC(=O)N1CCC(=O)C2(COC2)C1. The molecule has 2 aliphatic rings. The predicted molar refractivity (Wildman–Crippen MR) is 60.7 cm³/mol. The standard InChI is InChI=1S/C12H19NO4/c1-11(2,3)17-10(15)13-5-4-9(14)12(6-13)7-16-8-12/h4-8H2,1-3H3. The van der Waals surface area contributed by atoms with Crippen LogP contribution in [0.1, 0.15) is 27.2 Å². The van der Waals surface area contributed by atoms with Gasteiger partial charge in [-0.3, -0.25) is 4.79 Å². The van der Waals surface area contributed by atoms with E-state index in [1.54, 1.807) is 4.90 Å². The van der Waals surface area contributed by atoms with Gasteiger partial charge in [0.25, 0.3) is 0 Å². The molecule has 5 heteroatoms. The minimum atomic E-state index is -0.498. The number of Topliss-reactive ketones (excluding diaryl/α,β-unsaturated/α-hetero) is 1. The summed E-state index contributed by atoms with van der Waals surface area (Å²) in [6, 6.07) is 0. The Hall–Kier alpha value is -1.10. The van der Waals surface area contributed by atoms with Gasteiger partial charge in [0.05, 0.1) is 18.6 Å². The Bertz CT molecular complexity index is 341. The second-order valence-electron chi connectivity index (χ2n) is 5.85. The Labute approximate surface area is 101 Å². The molecule has 2 heterocycles. The number of piperidine rings is 1. The summed E-state index contributed by atoms with van der Waals surface area (Å²) in [6.07, 6.45) is 0.0686. The van der Waals surface area contributed by atoms with Gasteiger partial charge < -0.3 is 14.4 Å². The number of hydrogen-bond acceptors (Lipinski definition) is 4. The van der Waals surface area contributed by atoms with Crippen molar-refractivity contribution in [2.75, 3.05) is 26.3 Å². The predicted octanol–water partition coefficient (Wildman–Crippen LogP) is 1.21. The summed E-state index contributed by atoms with van der Waals surface area (Å²) in [7, 11) is 0. The van der Waals surface area contributed by atoms with Crippen molar-refractivity contribution in [1.29, 1.82) is 0 Å². The van der Waals surface area contributed by atoms with Crippen LogP contribution in [0, 0.1) is 5.41 Å². The topological polar surface area (TPSA) is 55.8 Å². The highest BCUT2D eigenvalue weighted by molar-refractivity contribution is 5.88. The summed E-state index contributed by atoms with van der Waals surface area (Å²) in [4.78, 5) is 25.3. The van der Waals surface area contributed by atoms with Crippen molar-refractivity contribution in [3.8, 4) is 0 Å². The molecule has 0 aliphatic carbocycles. The second kappa shape index (κ2) is 3.98. The van der Waals surface area contributed by atoms with Crippen molar-refractivity contribution in [1.82, 2.24) is 4.90 Å². The molecule has 0 aromatic heterocycles. The third-order valence-electron chi connectivity index (χ3n) is 3.10. The lowest BCUT2D eigenvalue weighted by atomic mass is 9.77. The fourth-order valence-electron chi connectivity index (χ4n) is 2.12. The van der Waals surface area contributed by atoms with Gasteiger partial charge in [0.2, 0.25) is 0 Å². The van der Waals surface area contributed by atoms with E-state index in [4.69, 9.17) is 9.47 Å². The number of ketones is 1. The van der Waals surface area contributed by atoms with Crippen LogP contribution in [0.15, 0.2) is 0 Å². The lowest BCUT2D eigenvalue weighted by molar-refractivity contribution is -0.168. The van der Waals surface area contributed by atoms with Crippen LogP contribution in [0.25, 0.3) is 0 Å². The van der Waals surface area contributed by atoms with E-state index in [9.17, 15) is 9.59 Å². The van der Waals surface area contributed by atoms with E-state index >= 15 is 0 Å². The van der Waals surface area contributed by atoms with E-state index in [1.807, 2.05) is 20.8 Å². The highest BCUT2D eigenvalue weighted by atomic mass is 16.6. The summed E-state index contributed by atoms with van der Waals surface area (Å²) in [5.74, 6) is 0.212. The van der Waals surface area contributed by atoms with Crippen LogP contribution >= 0.6 is 0 Å². The largest absolute Gasteiger partial charge is 0.444 e. The molecule has 0 saturated carbocycles. The molecule has 1 spiro atoms. The molecule has 0 N–H and O–H groups in total. The van der Waals surface area contributed by atoms with Gasteiger partial charge in [-0.1, -0.05) is 0 Å². The lowest BCUT2D eigenvalue weighted by Crippen LogP contribution is -2.61. The molecule has 0 aromatic carbocycles. The van der Waals surface area contributed by atoms with Crippen LogP contribution in [0.5, 0.6) is 0 Å². The number of likely N-dealkylation sites (tertiary alicyclic amines) is 1. The van der Waals surface area contributed by atoms with Crippen molar-refractivity contribution in [2.24, 2.45) is 5.41 Å². The van der Waals surface area contributed by atoms with Crippen LogP contribution in [0.2, 0.25) is 0 Å². The maximum atomic E-state index is 11.9. The lowest BCUT2D eigenvalue weighted by Gasteiger charge is -2.46. The second-order valence-corrected chi connectivity index (χ2v) is 5.85. The van der Waals surface area contributed by atoms with Crippen LogP contribution in [0.3, 0.4) is 0 Å². The van der Waals surface area contributed by atoms with Crippen molar-refractivity contribution < 1.29 is 19.1 Å². The highest BCUT2D eigenvalue weighted by Crippen LogP contribution is 2.34. The maximum Gasteiger partial charge on any atom is 0.410 e. The van der Waals surface area contributed by atoms with E-state index in [-0.39, 0.29) is 11.9 Å². The number of carbonyl (C=O) groups excluding carboxylic acids is 2. The molecule has 96 valence electrons. The van der Waals surface area contributed by atoms with Crippen LogP contribution in [-0.2, 0) is 14.3 Å². The first-order valence-corrected chi connectivity index (χ1v) is 5.91. The third-order valence-corrected chi connectivity index (χ3v) is 3.10. The summed E-state index contributed by atoms with van der Waals surface area (Å²) in [5.41, 5.74) is -0.947. The monoisotopic (exact) mass is 241 g/mol. The smallest absolute Gasteiger partial charge is 0.410 e. The molecular formula is C12H19NO4. The molecular weight excluding hydrogens is 222 g/mol. The van der Waals surface area contributed by atoms with Crippen molar-refractivity contribution >= 4 is 11.9 Å². The average Bonchev–Trinajstić information content (AvgIpc) is 2.13. The number of ether oxygens (including phenoxy) is 2. The van der Waals surface area contributed by atoms with E-state index in [1.165, 1.54) is 0 Å². The van der Waals surface area contributed by atoms with Gasteiger partial charge in [-0.2, -0.15) is 0 Å². The van der Waals surface area contributed by atoms with Crippen molar-refractivity contribution in [3.63, 3.8) is 0 Å². The van der Waals surface area contributed by atoms with E-state index in [2.05, 4.69) is 0 Å². The van der Waals surface area contributed by atoms with Gasteiger partial charge in [-0.25, -0.2) is 4.79 Å². The zero-order chi connectivity index (χ0) is 12.7. The summed E-state index contributed by atoms with van der Waals surface area (Å²) in [6.45, 7) is 7.26. The zero-order valence-electron chi connectivity index (χ0n) is 10.6. The first-order chi connectivity index (χ1) is 7.82. The van der Waals surface area contributed by atoms with Crippen LogP contribution in [0.4, 0.5) is 4.79 Å². The quantitative estimate of drug-likeness (QED) is 0.639. The summed E-state index contributed by atoms with van der Waals surface area (Å²) in [5, 5.41) is 0. The van der Waals surface area contributed by atoms with Gasteiger partial charge in [-0.05, 0) is 20.8 Å². The van der Waals surface area contributed by atoms with Crippen LogP contribution < -0.4 is 0 Å². The number of hydrogen-bond donors (Lipinski definition) is 0. The molecule has 2 rings (SSSR count). The maximum absolute atomic E-state index is 11.9. The number of rotatable bonds is 0. The fourth-order valence-corrected chi connectivity index (χ4v) is 2.12. The van der Waals surface area contributed by atoms with E-state index in [0.717, 1.165) is 0 Å². The molecule has 0 bridgehead atoms. The molecule has 5 nitrogen and oxygen atoms in total. The summed E-state index contributed by atoms with van der Waals surface area (Å²) >= 11 is 0. The third kappa shape index (κ3) is 2.44. The molecule has 17 heavy (non-hydrogen) atoms. The molecule has 0 radical (unpaired) electrons. The van der Waals surface area contributed by atoms with Gasteiger partial charge in [0.15, 0.2) is 0 Å². The molecule has 0 atom stereocenters. The Kier molecular flexibility index (Phi) is 2.89. The minimum Gasteiger partial charge on any atom is -0.444 e. The van der Waals surface area contributed by atoms with Crippen LogP contribution in [-0.4, -0.2) is 48.7 Å². The fraction of sp³-hybridized carbons (Fsp3) is 0.833. The van der Waals surface area contributed by atoms with Crippen molar-refractivity contribution in [3.05, 3.63) is 0 Å². The molecule has 1 amide bonds. The first-order valence-electron chi connectivity index (χ1n) is 5.91. The van der Waals surface area contributed by atoms with Gasteiger partial charge in [0, 0.05) is 19.5 Å². The minimum absolute atomic E-state index is 0.212. The Morgan fingerprint density at radius 2 is 2.06 bits per heavy atom. The number of carbonyl (C=O) groups is 2. The number of amides is 1. The first kappa shape index (κ1) is 12.4. The zero-order valence-corrected chi connectivity index (χ0v) is 10.6. The highest BCUT2D eigenvalue weighted by Gasteiger charge is 2.50. The summed E-state index contributed by atoms with van der Waals surface area (Å²) < 4.78 is 10.4. The molecule has 0 aromatic rings. The Balaban J connectivity index is 1.99. The molecule has 0 unspecified atom stereocenters. The van der Waals surface area contributed by atoms with Crippen molar-refractivity contribution in [2.45, 2.75) is 32.8 Å². The van der Waals surface area contributed by atoms with E-state index in [0.29, 0.717) is 32.7 Å². The molecule has 2 aliphatic heterocycles. The Morgan fingerprint density at radius 1 is 1.41 bits per heavy atom. The average molecular weight is 241 g/mol.